The zero-order valence-electron chi connectivity index (χ0n) is 9.56. The first kappa shape index (κ1) is 12.0. The van der Waals surface area contributed by atoms with Gasteiger partial charge in [-0.05, 0) is 30.9 Å². The van der Waals surface area contributed by atoms with Crippen molar-refractivity contribution in [1.29, 1.82) is 0 Å². The molecule has 2 rings (SSSR count). The lowest BCUT2D eigenvalue weighted by atomic mass is 10.0. The summed E-state index contributed by atoms with van der Waals surface area (Å²) < 4.78 is 0. The Balaban J connectivity index is 1.83. The van der Waals surface area contributed by atoms with E-state index < -0.39 is 0 Å². The summed E-state index contributed by atoms with van der Waals surface area (Å²) in [5, 5.41) is 0. The maximum Gasteiger partial charge on any atom is 0.0332 e. The second-order valence-electron chi connectivity index (χ2n) is 4.44. The van der Waals surface area contributed by atoms with Crippen LogP contribution in [0.25, 0.3) is 0 Å². The molecule has 16 heavy (non-hydrogen) atoms. The van der Waals surface area contributed by atoms with Crippen molar-refractivity contribution in [2.45, 2.75) is 36.6 Å². The summed E-state index contributed by atoms with van der Waals surface area (Å²) >= 11 is 1.90. The van der Waals surface area contributed by atoms with Crippen molar-refractivity contribution in [3.8, 4) is 0 Å². The molecule has 0 aliphatic heterocycles. The van der Waals surface area contributed by atoms with Crippen LogP contribution in [0.3, 0.4) is 0 Å². The van der Waals surface area contributed by atoms with E-state index in [0.29, 0.717) is 6.04 Å². The maximum atomic E-state index is 5.65. The summed E-state index contributed by atoms with van der Waals surface area (Å²) in [6.45, 7) is 0. The van der Waals surface area contributed by atoms with Crippen LogP contribution in [0.2, 0.25) is 0 Å². The van der Waals surface area contributed by atoms with Gasteiger partial charge in [-0.15, -0.1) is 11.8 Å². The minimum atomic E-state index is 0.465. The first-order valence-electron chi connectivity index (χ1n) is 6.04. The third kappa shape index (κ3) is 3.24. The van der Waals surface area contributed by atoms with Gasteiger partial charge in [0, 0.05) is 16.7 Å². The summed E-state index contributed by atoms with van der Waals surface area (Å²) in [6.07, 6.45) is 5.42. The second-order valence-corrected chi connectivity index (χ2v) is 5.54. The number of hydrazine groups is 1. The van der Waals surface area contributed by atoms with E-state index in [1.165, 1.54) is 30.6 Å². The third-order valence-corrected chi connectivity index (χ3v) is 4.49. The average Bonchev–Trinajstić information content (AvgIpc) is 2.85. The number of hydrogen-bond donors (Lipinski definition) is 2. The second kappa shape index (κ2) is 6.28. The van der Waals surface area contributed by atoms with Crippen LogP contribution in [0.1, 0.15) is 25.7 Å². The zero-order chi connectivity index (χ0) is 11.2. The van der Waals surface area contributed by atoms with E-state index in [-0.39, 0.29) is 0 Å². The molecule has 88 valence electrons. The van der Waals surface area contributed by atoms with Gasteiger partial charge in [-0.1, -0.05) is 31.0 Å². The fraction of sp³-hybridized carbons (Fsp3) is 0.538. The van der Waals surface area contributed by atoms with Gasteiger partial charge in [-0.3, -0.25) is 11.3 Å². The molecule has 0 amide bonds. The Morgan fingerprint density at radius 3 is 2.56 bits per heavy atom. The van der Waals surface area contributed by atoms with Gasteiger partial charge in [0.05, 0.1) is 0 Å². The smallest absolute Gasteiger partial charge is 0.0332 e. The number of nitrogens with one attached hydrogen (secondary N) is 1. The highest BCUT2D eigenvalue weighted by atomic mass is 32.2. The van der Waals surface area contributed by atoms with Gasteiger partial charge in [-0.25, -0.2) is 0 Å². The number of benzene rings is 1. The molecule has 0 radical (unpaired) electrons. The lowest BCUT2D eigenvalue weighted by molar-refractivity contribution is 0.393. The molecule has 0 aromatic heterocycles. The molecule has 3 heteroatoms. The Hall–Kier alpha value is -0.510. The van der Waals surface area contributed by atoms with Crippen LogP contribution in [-0.2, 0) is 0 Å². The molecule has 1 saturated carbocycles. The summed E-state index contributed by atoms with van der Waals surface area (Å²) in [7, 11) is 0. The standard InChI is InChI=1S/C13H20N2S/c14-15-13(11-6-4-5-7-11)10-16-12-8-2-1-3-9-12/h1-3,8-9,11,13,15H,4-7,10,14H2. The molecule has 0 bridgehead atoms. The number of hydrogen-bond acceptors (Lipinski definition) is 3. The van der Waals surface area contributed by atoms with Crippen molar-refractivity contribution in [3.63, 3.8) is 0 Å². The van der Waals surface area contributed by atoms with Gasteiger partial charge in [0.15, 0.2) is 0 Å². The molecule has 1 aliphatic carbocycles. The van der Waals surface area contributed by atoms with E-state index >= 15 is 0 Å². The van der Waals surface area contributed by atoms with E-state index in [1.54, 1.807) is 0 Å². The van der Waals surface area contributed by atoms with Crippen molar-refractivity contribution in [2.75, 3.05) is 5.75 Å². The monoisotopic (exact) mass is 236 g/mol. The molecule has 3 N–H and O–H groups in total. The van der Waals surface area contributed by atoms with Gasteiger partial charge in [0.25, 0.3) is 0 Å². The van der Waals surface area contributed by atoms with E-state index in [1.807, 2.05) is 11.8 Å². The Morgan fingerprint density at radius 2 is 1.94 bits per heavy atom. The molecule has 0 spiro atoms. The third-order valence-electron chi connectivity index (χ3n) is 3.36. The van der Waals surface area contributed by atoms with E-state index in [4.69, 9.17) is 5.84 Å². The predicted octanol–water partition coefficient (Wildman–Crippen LogP) is 2.80. The SMILES string of the molecule is NNC(CSc1ccccc1)C1CCCC1. The molecular weight excluding hydrogens is 216 g/mol. The van der Waals surface area contributed by atoms with Gasteiger partial charge in [0.1, 0.15) is 0 Å². The Bertz CT molecular complexity index is 296. The van der Waals surface area contributed by atoms with Crippen molar-refractivity contribution in [1.82, 2.24) is 5.43 Å². The van der Waals surface area contributed by atoms with Gasteiger partial charge < -0.3 is 0 Å². The minimum absolute atomic E-state index is 0.465. The van der Waals surface area contributed by atoms with Gasteiger partial charge in [-0.2, -0.15) is 0 Å². The Morgan fingerprint density at radius 1 is 1.25 bits per heavy atom. The summed E-state index contributed by atoms with van der Waals surface area (Å²) in [6, 6.07) is 11.0. The summed E-state index contributed by atoms with van der Waals surface area (Å²) in [5.41, 5.74) is 2.99. The molecule has 1 atom stereocenters. The van der Waals surface area contributed by atoms with Crippen LogP contribution in [0, 0.1) is 5.92 Å². The highest BCUT2D eigenvalue weighted by molar-refractivity contribution is 7.99. The average molecular weight is 236 g/mol. The number of thioether (sulfide) groups is 1. The molecule has 1 unspecified atom stereocenters. The Kier molecular flexibility index (Phi) is 4.69. The van der Waals surface area contributed by atoms with Crippen LogP contribution in [-0.4, -0.2) is 11.8 Å². The zero-order valence-corrected chi connectivity index (χ0v) is 10.4. The predicted molar refractivity (Wildman–Crippen MR) is 70.2 cm³/mol. The quantitative estimate of drug-likeness (QED) is 0.469. The topological polar surface area (TPSA) is 38.0 Å². The number of nitrogens with two attached hydrogens (primary N) is 1. The van der Waals surface area contributed by atoms with Crippen LogP contribution in [0.4, 0.5) is 0 Å². The molecule has 1 aromatic rings. The Labute approximate surface area is 102 Å². The molecule has 0 saturated heterocycles. The normalized spacial score (nSPS) is 18.8. The van der Waals surface area contributed by atoms with E-state index in [2.05, 4.69) is 35.8 Å². The van der Waals surface area contributed by atoms with E-state index in [0.717, 1.165) is 11.7 Å². The summed E-state index contributed by atoms with van der Waals surface area (Å²) in [5.74, 6) is 7.51. The van der Waals surface area contributed by atoms with E-state index in [9.17, 15) is 0 Å². The fourth-order valence-corrected chi connectivity index (χ4v) is 3.47. The first-order chi connectivity index (χ1) is 7.90. The summed E-state index contributed by atoms with van der Waals surface area (Å²) in [4.78, 5) is 1.33. The minimum Gasteiger partial charge on any atom is -0.271 e. The molecule has 0 heterocycles. The van der Waals surface area contributed by atoms with Crippen LogP contribution in [0.5, 0.6) is 0 Å². The van der Waals surface area contributed by atoms with Crippen LogP contribution >= 0.6 is 11.8 Å². The molecule has 1 aliphatic rings. The van der Waals surface area contributed by atoms with Crippen molar-refractivity contribution < 1.29 is 0 Å². The van der Waals surface area contributed by atoms with Crippen LogP contribution < -0.4 is 11.3 Å². The lowest BCUT2D eigenvalue weighted by Crippen LogP contribution is -2.41. The highest BCUT2D eigenvalue weighted by Gasteiger charge is 2.23. The van der Waals surface area contributed by atoms with Crippen LogP contribution in [0.15, 0.2) is 35.2 Å². The van der Waals surface area contributed by atoms with Crippen molar-refractivity contribution in [3.05, 3.63) is 30.3 Å². The van der Waals surface area contributed by atoms with Crippen molar-refractivity contribution in [2.24, 2.45) is 11.8 Å². The lowest BCUT2D eigenvalue weighted by Gasteiger charge is -2.21. The number of rotatable bonds is 5. The van der Waals surface area contributed by atoms with Crippen molar-refractivity contribution >= 4 is 11.8 Å². The maximum absolute atomic E-state index is 5.65. The van der Waals surface area contributed by atoms with Gasteiger partial charge >= 0.3 is 0 Å². The highest BCUT2D eigenvalue weighted by Crippen LogP contribution is 2.30. The molecule has 2 nitrogen and oxygen atoms in total. The van der Waals surface area contributed by atoms with Gasteiger partial charge in [0.2, 0.25) is 0 Å². The molecule has 1 aromatic carbocycles. The molecule has 1 fully saturated rings. The fourth-order valence-electron chi connectivity index (χ4n) is 2.38. The largest absolute Gasteiger partial charge is 0.271 e. The first-order valence-corrected chi connectivity index (χ1v) is 7.02. The molecular formula is C13H20N2S.